The van der Waals surface area contributed by atoms with Crippen molar-refractivity contribution in [1.29, 1.82) is 0 Å². The second kappa shape index (κ2) is 7.43. The van der Waals surface area contributed by atoms with Gasteiger partial charge in [-0.1, -0.05) is 36.4 Å². The summed E-state index contributed by atoms with van der Waals surface area (Å²) in [5, 5.41) is 6.50. The first-order valence-corrected chi connectivity index (χ1v) is 13.4. The standard InChI is InChI=1S/C31H23N2Se/c1-20-17-30-22(14-16-34-30)19-27(20)31-24-12-11-23(18-21(24)13-15-32(31)2)33-28-9-5-3-7-25(28)26-8-4-6-10-29(26)33/h3-19H,1-2H3/q+1. The van der Waals surface area contributed by atoms with Gasteiger partial charge in [-0.25, -0.2) is 0 Å². The van der Waals surface area contributed by atoms with E-state index in [9.17, 15) is 0 Å². The first kappa shape index (κ1) is 19.8. The van der Waals surface area contributed by atoms with Gasteiger partial charge in [-0.2, -0.15) is 0 Å². The van der Waals surface area contributed by atoms with Crippen LogP contribution < -0.4 is 4.57 Å². The van der Waals surface area contributed by atoms with Gasteiger partial charge in [0.15, 0.2) is 0 Å². The predicted octanol–water partition coefficient (Wildman–Crippen LogP) is 6.95. The van der Waals surface area contributed by atoms with E-state index in [1.807, 2.05) is 0 Å². The molecule has 0 aliphatic rings. The van der Waals surface area contributed by atoms with E-state index in [-0.39, 0.29) is 0 Å². The average molecular weight is 502 g/mol. The van der Waals surface area contributed by atoms with Gasteiger partial charge in [0.05, 0.1) is 0 Å². The number of para-hydroxylation sites is 2. The number of benzene rings is 4. The average Bonchev–Trinajstić information content (AvgIpc) is 3.45. The number of aryl methyl sites for hydroxylation is 2. The summed E-state index contributed by atoms with van der Waals surface area (Å²) in [6.07, 6.45) is 2.19. The van der Waals surface area contributed by atoms with Crippen LogP contribution >= 0.6 is 0 Å². The molecule has 7 aromatic rings. The van der Waals surface area contributed by atoms with Gasteiger partial charge in [0.2, 0.25) is 0 Å². The van der Waals surface area contributed by atoms with Gasteiger partial charge < -0.3 is 0 Å². The van der Waals surface area contributed by atoms with Gasteiger partial charge >= 0.3 is 168 Å². The Morgan fingerprint density at radius 1 is 0.706 bits per heavy atom. The molecule has 0 aliphatic carbocycles. The molecule has 7 rings (SSSR count). The molecule has 162 valence electrons. The summed E-state index contributed by atoms with van der Waals surface area (Å²) in [6.45, 7) is 2.25. The van der Waals surface area contributed by atoms with Crippen molar-refractivity contribution < 1.29 is 4.57 Å². The summed E-state index contributed by atoms with van der Waals surface area (Å²) in [4.78, 5) is 2.32. The van der Waals surface area contributed by atoms with E-state index < -0.39 is 0 Å². The molecule has 0 radical (unpaired) electrons. The summed E-state index contributed by atoms with van der Waals surface area (Å²) < 4.78 is 6.15. The van der Waals surface area contributed by atoms with Gasteiger partial charge in [0, 0.05) is 0 Å². The van der Waals surface area contributed by atoms with Crippen LogP contribution in [0.25, 0.3) is 59.2 Å². The first-order valence-electron chi connectivity index (χ1n) is 11.6. The van der Waals surface area contributed by atoms with Crippen LogP contribution in [0.15, 0.2) is 102 Å². The van der Waals surface area contributed by atoms with Crippen molar-refractivity contribution in [1.82, 2.24) is 4.57 Å². The van der Waals surface area contributed by atoms with E-state index in [2.05, 4.69) is 125 Å². The van der Waals surface area contributed by atoms with Crippen LogP contribution in [0.5, 0.6) is 0 Å². The van der Waals surface area contributed by atoms with Crippen LogP contribution in [-0.2, 0) is 7.05 Å². The Bertz CT molecular complexity index is 1830. The van der Waals surface area contributed by atoms with Crippen molar-refractivity contribution in [3.8, 4) is 16.9 Å². The van der Waals surface area contributed by atoms with Crippen LogP contribution in [0.4, 0.5) is 0 Å². The van der Waals surface area contributed by atoms with Crippen LogP contribution in [-0.4, -0.2) is 19.1 Å². The molecule has 0 N–H and O–H groups in total. The minimum atomic E-state index is 0.469. The number of aromatic nitrogens is 2. The molecule has 3 heteroatoms. The van der Waals surface area contributed by atoms with E-state index in [0.717, 1.165) is 0 Å². The SMILES string of the molecule is Cc1cc2[se]ccc2cc1-c1c2ccc(-n3c4ccccc4c4ccccc43)cc2cc[n+]1C. The fourth-order valence-corrected chi connectivity index (χ4v) is 7.22. The van der Waals surface area contributed by atoms with Crippen molar-refractivity contribution >= 4 is 56.7 Å². The molecule has 0 bridgehead atoms. The van der Waals surface area contributed by atoms with E-state index in [1.165, 1.54) is 64.7 Å². The molecule has 3 aromatic heterocycles. The van der Waals surface area contributed by atoms with Gasteiger partial charge in [-0.3, -0.25) is 0 Å². The zero-order valence-corrected chi connectivity index (χ0v) is 20.8. The molecule has 0 amide bonds. The maximum atomic E-state index is 2.39. The Labute approximate surface area is 204 Å². The molecule has 2 nitrogen and oxygen atoms in total. The summed E-state index contributed by atoms with van der Waals surface area (Å²) in [7, 11) is 2.15. The van der Waals surface area contributed by atoms with Crippen molar-refractivity contribution in [2.75, 3.05) is 0 Å². The fraction of sp³-hybridized carbons (Fsp3) is 0.0645. The van der Waals surface area contributed by atoms with Crippen molar-refractivity contribution in [2.45, 2.75) is 6.92 Å². The first-order chi connectivity index (χ1) is 16.7. The molecule has 3 heterocycles. The number of hydrogen-bond acceptors (Lipinski definition) is 0. The minimum absolute atomic E-state index is 0.469. The molecule has 0 atom stereocenters. The predicted molar refractivity (Wildman–Crippen MR) is 144 cm³/mol. The maximum absolute atomic E-state index is 2.39. The van der Waals surface area contributed by atoms with Crippen LogP contribution in [0, 0.1) is 6.92 Å². The third-order valence-corrected chi connectivity index (χ3v) is 8.86. The number of nitrogens with zero attached hydrogens (tertiary/aromatic N) is 2. The van der Waals surface area contributed by atoms with Crippen LogP contribution in [0.1, 0.15) is 5.56 Å². The third kappa shape index (κ3) is 2.84. The van der Waals surface area contributed by atoms with Gasteiger partial charge in [0.25, 0.3) is 0 Å². The van der Waals surface area contributed by atoms with Gasteiger partial charge in [-0.05, 0) is 0 Å². The summed E-state index contributed by atoms with van der Waals surface area (Å²) >= 11 is 0.469. The van der Waals surface area contributed by atoms with Gasteiger partial charge in [0.1, 0.15) is 0 Å². The van der Waals surface area contributed by atoms with Crippen LogP contribution in [0.2, 0.25) is 0 Å². The Morgan fingerprint density at radius 3 is 2.21 bits per heavy atom. The molecule has 0 saturated carbocycles. The van der Waals surface area contributed by atoms with Crippen molar-refractivity contribution in [3.63, 3.8) is 0 Å². The number of hydrogen-bond donors (Lipinski definition) is 0. The number of pyridine rings is 1. The monoisotopic (exact) mass is 503 g/mol. The molecule has 0 aliphatic heterocycles. The summed E-state index contributed by atoms with van der Waals surface area (Å²) in [6, 6.07) is 33.6. The van der Waals surface area contributed by atoms with Crippen LogP contribution in [0.3, 0.4) is 0 Å². The molecule has 0 unspecified atom stereocenters. The number of fused-ring (bicyclic) bond motifs is 5. The molecular formula is C31H23N2Se+. The quantitative estimate of drug-likeness (QED) is 0.179. The zero-order chi connectivity index (χ0) is 22.8. The normalized spacial score (nSPS) is 11.8. The Balaban J connectivity index is 1.50. The van der Waals surface area contributed by atoms with Crippen molar-refractivity contribution in [2.24, 2.45) is 7.05 Å². The third-order valence-electron chi connectivity index (χ3n) is 7.01. The summed E-state index contributed by atoms with van der Waals surface area (Å²) in [5.41, 5.74) is 7.62. The number of rotatable bonds is 2. The fourth-order valence-electron chi connectivity index (χ4n) is 5.40. The Morgan fingerprint density at radius 2 is 1.44 bits per heavy atom. The Kier molecular flexibility index (Phi) is 4.32. The molecule has 0 saturated heterocycles. The summed E-state index contributed by atoms with van der Waals surface area (Å²) in [5.74, 6) is 0. The van der Waals surface area contributed by atoms with E-state index >= 15 is 0 Å². The van der Waals surface area contributed by atoms with E-state index in [4.69, 9.17) is 0 Å². The Hall–Kier alpha value is -3.65. The second-order valence-corrected chi connectivity index (χ2v) is 11.0. The topological polar surface area (TPSA) is 8.81 Å². The van der Waals surface area contributed by atoms with Crippen molar-refractivity contribution in [3.05, 3.63) is 108 Å². The zero-order valence-electron chi connectivity index (χ0n) is 19.1. The molecular weight excluding hydrogens is 479 g/mol. The molecule has 0 spiro atoms. The molecule has 0 fully saturated rings. The van der Waals surface area contributed by atoms with E-state index in [0.29, 0.717) is 14.5 Å². The van der Waals surface area contributed by atoms with Gasteiger partial charge in [-0.15, -0.1) is 0 Å². The molecule has 4 aromatic carbocycles. The van der Waals surface area contributed by atoms with E-state index in [1.54, 1.807) is 0 Å². The second-order valence-electron chi connectivity index (χ2n) is 9.04. The molecule has 34 heavy (non-hydrogen) atoms.